The molecule has 0 aliphatic rings. The topological polar surface area (TPSA) is 64.6 Å². The van der Waals surface area contributed by atoms with Crippen molar-refractivity contribution in [2.45, 2.75) is 80.1 Å². The summed E-state index contributed by atoms with van der Waals surface area (Å²) in [4.78, 5) is 0. The lowest BCUT2D eigenvalue weighted by molar-refractivity contribution is 0.277. The van der Waals surface area contributed by atoms with Gasteiger partial charge in [-0.2, -0.15) is 0 Å². The predicted molar refractivity (Wildman–Crippen MR) is 340 cm³/mol. The monoisotopic (exact) mass is 1070 g/mol. The number of fused-ring (bicyclic) bond motifs is 4. The highest BCUT2D eigenvalue weighted by Gasteiger charge is 2.14. The third kappa shape index (κ3) is 19.1. The summed E-state index contributed by atoms with van der Waals surface area (Å²) in [5.74, 6) is 5.72. The average molecular weight is 1080 g/mol. The molecule has 0 aliphatic carbocycles. The standard InChI is InChI=1S/2C25H24O2.2C8H10O.C5H12.C2H6O/c2*1-26-24-16-14-18-8-3-5-10-20(18)22(24)12-7-13-23-21-11-6-4-9-19(21)15-17-25(23)27-2;2*1-7-3-5-8(9-2)6-4-7;1-5(2,3)4;1-3-2/h2*3-6,8-11,14-17H,7,12-13H2,1-2H3;2*3-6H,1-2H3;1-4H3;1-2H3. The second-order valence-electron chi connectivity index (χ2n) is 21.0. The summed E-state index contributed by atoms with van der Waals surface area (Å²) < 4.78 is 36.8. The van der Waals surface area contributed by atoms with Gasteiger partial charge in [0.1, 0.15) is 34.5 Å². The van der Waals surface area contributed by atoms with Gasteiger partial charge >= 0.3 is 0 Å². The Hall–Kier alpha value is -8.00. The first-order chi connectivity index (χ1) is 38.7. The van der Waals surface area contributed by atoms with Gasteiger partial charge in [0.25, 0.3) is 0 Å². The molecule has 0 heterocycles. The molecule has 0 atom stereocenters. The van der Waals surface area contributed by atoms with Crippen molar-refractivity contribution in [1.29, 1.82) is 0 Å². The number of hydrogen-bond donors (Lipinski definition) is 0. The highest BCUT2D eigenvalue weighted by Crippen LogP contribution is 2.35. The summed E-state index contributed by atoms with van der Waals surface area (Å²) in [7, 11) is 13.6. The van der Waals surface area contributed by atoms with Crippen LogP contribution in [0.4, 0.5) is 0 Å². The molecule has 0 aliphatic heterocycles. The maximum atomic E-state index is 5.65. The van der Waals surface area contributed by atoms with E-state index in [0.717, 1.165) is 73.0 Å². The zero-order valence-electron chi connectivity index (χ0n) is 50.1. The first-order valence-corrected chi connectivity index (χ1v) is 27.5. The molecule has 0 amide bonds. The lowest BCUT2D eigenvalue weighted by Gasteiger charge is -2.14. The Labute approximate surface area is 478 Å². The molecule has 10 rings (SSSR count). The molecule has 10 aromatic carbocycles. The van der Waals surface area contributed by atoms with Crippen LogP contribution in [0, 0.1) is 19.3 Å². The lowest BCUT2D eigenvalue weighted by Crippen LogP contribution is -1.98. The lowest BCUT2D eigenvalue weighted by atomic mass is 9.95. The van der Waals surface area contributed by atoms with Gasteiger partial charge in [0.05, 0.1) is 42.7 Å². The Morgan fingerprint density at radius 2 is 0.487 bits per heavy atom. The molecule has 0 bridgehead atoms. The van der Waals surface area contributed by atoms with Crippen molar-refractivity contribution in [2.75, 3.05) is 56.9 Å². The van der Waals surface area contributed by atoms with Gasteiger partial charge < -0.3 is 33.2 Å². The highest BCUT2D eigenvalue weighted by atomic mass is 16.5. The van der Waals surface area contributed by atoms with E-state index < -0.39 is 0 Å². The van der Waals surface area contributed by atoms with Gasteiger partial charge in [-0.05, 0) is 149 Å². The molecular weight excluding hydrogens is 989 g/mol. The molecule has 7 nitrogen and oxygen atoms in total. The molecule has 0 saturated carbocycles. The third-order valence-corrected chi connectivity index (χ3v) is 13.1. The minimum Gasteiger partial charge on any atom is -0.497 e. The summed E-state index contributed by atoms with van der Waals surface area (Å²) in [6.07, 6.45) is 5.95. The van der Waals surface area contributed by atoms with E-state index in [1.54, 1.807) is 56.9 Å². The van der Waals surface area contributed by atoms with Gasteiger partial charge in [-0.15, -0.1) is 0 Å². The molecule has 0 unspecified atom stereocenters. The maximum absolute atomic E-state index is 5.65. The minimum atomic E-state index is 0.500. The van der Waals surface area contributed by atoms with Crippen molar-refractivity contribution < 1.29 is 33.2 Å². The van der Waals surface area contributed by atoms with E-state index >= 15 is 0 Å². The number of ether oxygens (including phenoxy) is 7. The Morgan fingerprint density at radius 3 is 0.688 bits per heavy atom. The van der Waals surface area contributed by atoms with E-state index in [-0.39, 0.29) is 0 Å². The molecule has 0 spiro atoms. The van der Waals surface area contributed by atoms with E-state index in [9.17, 15) is 0 Å². The van der Waals surface area contributed by atoms with Gasteiger partial charge in [-0.3, -0.25) is 0 Å². The Morgan fingerprint density at radius 1 is 0.275 bits per heavy atom. The fourth-order valence-electron chi connectivity index (χ4n) is 9.29. The number of hydrogen-bond acceptors (Lipinski definition) is 7. The summed E-state index contributed by atoms with van der Waals surface area (Å²) in [5, 5.41) is 10.2. The molecule has 0 radical (unpaired) electrons. The van der Waals surface area contributed by atoms with Crippen LogP contribution in [0.5, 0.6) is 34.5 Å². The molecule has 10 aromatic rings. The van der Waals surface area contributed by atoms with Crippen molar-refractivity contribution in [3.05, 3.63) is 228 Å². The second kappa shape index (κ2) is 32.8. The summed E-state index contributed by atoms with van der Waals surface area (Å²) in [5.41, 5.74) is 8.17. The smallest absolute Gasteiger partial charge is 0.122 e. The first kappa shape index (κ1) is 62.8. The SMILES string of the molecule is CC(C)(C)C.COC.COc1ccc(C)cc1.COc1ccc(C)cc1.COc1ccc2ccccc2c1CCCc1c(OC)ccc2ccccc12.COc1ccc2ccccc2c1CCCc1c(OC)ccc2ccccc12. The van der Waals surface area contributed by atoms with Crippen molar-refractivity contribution in [1.82, 2.24) is 0 Å². The van der Waals surface area contributed by atoms with Gasteiger partial charge in [0.15, 0.2) is 0 Å². The number of aryl methyl sites for hydroxylation is 6. The van der Waals surface area contributed by atoms with E-state index in [1.165, 1.54) is 76.5 Å². The van der Waals surface area contributed by atoms with Gasteiger partial charge in [-0.25, -0.2) is 0 Å². The predicted octanol–water partition coefficient (Wildman–Crippen LogP) is 18.7. The van der Waals surface area contributed by atoms with E-state index in [0.29, 0.717) is 5.41 Å². The summed E-state index contributed by atoms with van der Waals surface area (Å²) >= 11 is 0. The number of rotatable bonds is 14. The maximum Gasteiger partial charge on any atom is 0.122 e. The Bertz CT molecular complexity index is 3010. The third-order valence-electron chi connectivity index (χ3n) is 13.1. The fourth-order valence-corrected chi connectivity index (χ4v) is 9.29. The minimum absolute atomic E-state index is 0.500. The van der Waals surface area contributed by atoms with Crippen molar-refractivity contribution in [2.24, 2.45) is 5.41 Å². The quantitative estimate of drug-likeness (QED) is 0.107. The number of methoxy groups -OCH3 is 7. The Balaban J connectivity index is 0.000000205. The van der Waals surface area contributed by atoms with Crippen LogP contribution in [0.25, 0.3) is 43.1 Å². The molecule has 420 valence electrons. The van der Waals surface area contributed by atoms with Crippen LogP contribution in [-0.2, 0) is 30.4 Å². The van der Waals surface area contributed by atoms with E-state index in [2.05, 4.69) is 192 Å². The van der Waals surface area contributed by atoms with Crippen molar-refractivity contribution in [3.8, 4) is 34.5 Å². The van der Waals surface area contributed by atoms with E-state index in [1.807, 2.05) is 48.5 Å². The highest BCUT2D eigenvalue weighted by molar-refractivity contribution is 5.90. The van der Waals surface area contributed by atoms with Gasteiger partial charge in [0.2, 0.25) is 0 Å². The van der Waals surface area contributed by atoms with Crippen LogP contribution >= 0.6 is 0 Å². The van der Waals surface area contributed by atoms with Crippen LogP contribution in [-0.4, -0.2) is 56.9 Å². The zero-order valence-corrected chi connectivity index (χ0v) is 50.1. The second-order valence-corrected chi connectivity index (χ2v) is 21.0. The van der Waals surface area contributed by atoms with Crippen molar-refractivity contribution in [3.63, 3.8) is 0 Å². The summed E-state index contributed by atoms with van der Waals surface area (Å²) in [6.45, 7) is 12.9. The molecule has 0 fully saturated rings. The molecular formula is C73H86O7. The van der Waals surface area contributed by atoms with Gasteiger partial charge in [-0.1, -0.05) is 184 Å². The summed E-state index contributed by atoms with van der Waals surface area (Å²) in [6, 6.07) is 66.9. The van der Waals surface area contributed by atoms with Crippen LogP contribution in [0.2, 0.25) is 0 Å². The van der Waals surface area contributed by atoms with Crippen molar-refractivity contribution >= 4 is 43.1 Å². The number of benzene rings is 10. The van der Waals surface area contributed by atoms with Crippen LogP contribution in [0.3, 0.4) is 0 Å². The Kier molecular flexibility index (Phi) is 25.8. The van der Waals surface area contributed by atoms with E-state index in [4.69, 9.17) is 28.4 Å². The van der Waals surface area contributed by atoms with Gasteiger partial charge in [0, 0.05) is 36.5 Å². The molecule has 0 saturated heterocycles. The van der Waals surface area contributed by atoms with Crippen LogP contribution in [0.1, 0.15) is 73.9 Å². The molecule has 80 heavy (non-hydrogen) atoms. The molecule has 0 N–H and O–H groups in total. The molecule has 7 heteroatoms. The molecule has 0 aromatic heterocycles. The van der Waals surface area contributed by atoms with Crippen LogP contribution < -0.4 is 28.4 Å². The zero-order chi connectivity index (χ0) is 57.9. The average Bonchev–Trinajstić information content (AvgIpc) is 3.50. The fraction of sp³-hybridized carbons (Fsp3) is 0.288. The van der Waals surface area contributed by atoms with Crippen LogP contribution in [0.15, 0.2) is 194 Å². The first-order valence-electron chi connectivity index (χ1n) is 27.5. The normalized spacial score (nSPS) is 10.5. The largest absolute Gasteiger partial charge is 0.497 e.